The fourth-order valence-electron chi connectivity index (χ4n) is 1.69. The summed E-state index contributed by atoms with van der Waals surface area (Å²) in [6, 6.07) is 2.13. The van der Waals surface area contributed by atoms with Crippen molar-refractivity contribution in [2.45, 2.75) is 46.1 Å². The van der Waals surface area contributed by atoms with E-state index in [4.69, 9.17) is 0 Å². The molecule has 1 heterocycles. The van der Waals surface area contributed by atoms with Crippen LogP contribution in [0, 0.1) is 13.8 Å². The summed E-state index contributed by atoms with van der Waals surface area (Å²) in [5.41, 5.74) is 6.24. The number of quaternary nitrogens is 1. The zero-order valence-electron chi connectivity index (χ0n) is 9.42. The lowest BCUT2D eigenvalue weighted by atomic mass is 10.2. The maximum atomic E-state index is 4.43. The van der Waals surface area contributed by atoms with Crippen LogP contribution in [0.3, 0.4) is 0 Å². The van der Waals surface area contributed by atoms with Crippen molar-refractivity contribution in [2.75, 3.05) is 6.54 Å². The Hall–Kier alpha value is -0.830. The van der Waals surface area contributed by atoms with E-state index in [2.05, 4.69) is 28.5 Å². The van der Waals surface area contributed by atoms with Crippen LogP contribution in [0.1, 0.15) is 37.1 Å². The maximum absolute atomic E-state index is 4.43. The summed E-state index contributed by atoms with van der Waals surface area (Å²) in [4.78, 5) is 0. The fourth-order valence-corrected chi connectivity index (χ4v) is 1.69. The molecule has 0 unspecified atom stereocenters. The second kappa shape index (κ2) is 5.81. The standard InChI is InChI=1S/C11H21N3/c1-10-9-11(2)14(13-10)8-6-4-3-5-7-12/h9H,3-8,12H2,1-2H3/p+1. The molecule has 0 fully saturated rings. The molecule has 1 aromatic heterocycles. The summed E-state index contributed by atoms with van der Waals surface area (Å²) in [5.74, 6) is 0. The first-order chi connectivity index (χ1) is 6.74. The van der Waals surface area contributed by atoms with E-state index in [0.29, 0.717) is 0 Å². The van der Waals surface area contributed by atoms with Gasteiger partial charge in [-0.3, -0.25) is 4.68 Å². The number of unbranched alkanes of at least 4 members (excludes halogenated alkanes) is 3. The van der Waals surface area contributed by atoms with Gasteiger partial charge in [-0.25, -0.2) is 0 Å². The lowest BCUT2D eigenvalue weighted by Crippen LogP contribution is -2.50. The van der Waals surface area contributed by atoms with Crippen LogP contribution in [0.25, 0.3) is 0 Å². The fraction of sp³-hybridized carbons (Fsp3) is 0.727. The van der Waals surface area contributed by atoms with Gasteiger partial charge >= 0.3 is 0 Å². The molecule has 1 aromatic rings. The molecule has 3 nitrogen and oxygen atoms in total. The second-order valence-electron chi connectivity index (χ2n) is 3.92. The van der Waals surface area contributed by atoms with Gasteiger partial charge in [0.25, 0.3) is 0 Å². The van der Waals surface area contributed by atoms with Crippen molar-refractivity contribution in [2.24, 2.45) is 0 Å². The van der Waals surface area contributed by atoms with E-state index in [-0.39, 0.29) is 0 Å². The van der Waals surface area contributed by atoms with E-state index in [1.54, 1.807) is 0 Å². The Morgan fingerprint density at radius 2 is 1.93 bits per heavy atom. The highest BCUT2D eigenvalue weighted by atomic mass is 15.3. The van der Waals surface area contributed by atoms with Crippen molar-refractivity contribution in [3.63, 3.8) is 0 Å². The third-order valence-corrected chi connectivity index (χ3v) is 2.47. The summed E-state index contributed by atoms with van der Waals surface area (Å²) in [6.45, 7) is 6.30. The minimum Gasteiger partial charge on any atom is -0.358 e. The third kappa shape index (κ3) is 3.50. The lowest BCUT2D eigenvalue weighted by Gasteiger charge is -2.03. The molecule has 0 bridgehead atoms. The smallest absolute Gasteiger partial charge is 0.0739 e. The minimum atomic E-state index is 1.07. The molecule has 80 valence electrons. The van der Waals surface area contributed by atoms with Gasteiger partial charge in [-0.15, -0.1) is 0 Å². The monoisotopic (exact) mass is 196 g/mol. The van der Waals surface area contributed by atoms with E-state index in [9.17, 15) is 0 Å². The molecule has 0 spiro atoms. The van der Waals surface area contributed by atoms with Gasteiger partial charge in [0, 0.05) is 12.2 Å². The SMILES string of the molecule is Cc1cc(C)n(CCCCCC[NH3+])n1. The Morgan fingerprint density at radius 1 is 1.21 bits per heavy atom. The van der Waals surface area contributed by atoms with Crippen LogP contribution in [0.4, 0.5) is 0 Å². The topological polar surface area (TPSA) is 45.5 Å². The highest BCUT2D eigenvalue weighted by Gasteiger charge is 1.99. The molecule has 0 aliphatic heterocycles. The van der Waals surface area contributed by atoms with Crippen LogP contribution in [0.5, 0.6) is 0 Å². The van der Waals surface area contributed by atoms with Crippen LogP contribution in [0.15, 0.2) is 6.07 Å². The second-order valence-corrected chi connectivity index (χ2v) is 3.92. The van der Waals surface area contributed by atoms with Gasteiger partial charge in [-0.05, 0) is 39.2 Å². The van der Waals surface area contributed by atoms with Gasteiger partial charge in [0.15, 0.2) is 0 Å². The van der Waals surface area contributed by atoms with Crippen molar-refractivity contribution in [3.8, 4) is 0 Å². The zero-order valence-corrected chi connectivity index (χ0v) is 9.42. The average molecular weight is 196 g/mol. The van der Waals surface area contributed by atoms with Crippen LogP contribution in [0.2, 0.25) is 0 Å². The van der Waals surface area contributed by atoms with Gasteiger partial charge in [0.2, 0.25) is 0 Å². The first-order valence-electron chi connectivity index (χ1n) is 5.54. The Balaban J connectivity index is 2.21. The highest BCUT2D eigenvalue weighted by molar-refractivity contribution is 5.06. The summed E-state index contributed by atoms with van der Waals surface area (Å²) in [7, 11) is 0. The zero-order chi connectivity index (χ0) is 10.4. The molecule has 0 aliphatic rings. The largest absolute Gasteiger partial charge is 0.358 e. The summed E-state index contributed by atoms with van der Waals surface area (Å²) < 4.78 is 2.11. The minimum absolute atomic E-state index is 1.07. The first kappa shape index (κ1) is 11.2. The number of nitrogens with zero attached hydrogens (tertiary/aromatic N) is 2. The molecular weight excluding hydrogens is 174 g/mol. The molecule has 1 rings (SSSR count). The van der Waals surface area contributed by atoms with Crippen molar-refractivity contribution in [3.05, 3.63) is 17.5 Å². The average Bonchev–Trinajstić information content (AvgIpc) is 2.45. The van der Waals surface area contributed by atoms with E-state index in [1.807, 2.05) is 6.92 Å². The predicted molar refractivity (Wildman–Crippen MR) is 57.9 cm³/mol. The third-order valence-electron chi connectivity index (χ3n) is 2.47. The Bertz CT molecular complexity index is 265. The molecule has 0 saturated heterocycles. The lowest BCUT2D eigenvalue weighted by molar-refractivity contribution is -0.368. The number of hydrogen-bond donors (Lipinski definition) is 1. The van der Waals surface area contributed by atoms with Crippen molar-refractivity contribution < 1.29 is 5.73 Å². The van der Waals surface area contributed by atoms with E-state index >= 15 is 0 Å². The van der Waals surface area contributed by atoms with Gasteiger partial charge in [-0.2, -0.15) is 5.10 Å². The van der Waals surface area contributed by atoms with E-state index in [0.717, 1.165) is 18.8 Å². The molecule has 0 amide bonds. The highest BCUT2D eigenvalue weighted by Crippen LogP contribution is 2.05. The Morgan fingerprint density at radius 3 is 2.50 bits per heavy atom. The normalized spacial score (nSPS) is 10.8. The summed E-state index contributed by atoms with van der Waals surface area (Å²) >= 11 is 0. The molecule has 0 aliphatic carbocycles. The molecule has 3 N–H and O–H groups in total. The molecule has 14 heavy (non-hydrogen) atoms. The van der Waals surface area contributed by atoms with Gasteiger partial charge in [0.05, 0.1) is 12.2 Å². The van der Waals surface area contributed by atoms with Crippen molar-refractivity contribution in [1.29, 1.82) is 0 Å². The van der Waals surface area contributed by atoms with E-state index < -0.39 is 0 Å². The number of rotatable bonds is 6. The molecule has 0 aromatic carbocycles. The summed E-state index contributed by atoms with van der Waals surface area (Å²) in [5, 5.41) is 4.43. The van der Waals surface area contributed by atoms with Gasteiger partial charge in [-0.1, -0.05) is 6.42 Å². The number of hydrogen-bond acceptors (Lipinski definition) is 1. The predicted octanol–water partition coefficient (Wildman–Crippen LogP) is 1.30. The molecular formula is C11H22N3+. The molecule has 0 saturated carbocycles. The van der Waals surface area contributed by atoms with Crippen molar-refractivity contribution >= 4 is 0 Å². The Labute approximate surface area is 86.3 Å². The van der Waals surface area contributed by atoms with Crippen LogP contribution < -0.4 is 5.73 Å². The quantitative estimate of drug-likeness (QED) is 0.685. The van der Waals surface area contributed by atoms with E-state index in [1.165, 1.54) is 31.4 Å². The number of aromatic nitrogens is 2. The molecule has 0 radical (unpaired) electrons. The molecule has 0 atom stereocenters. The maximum Gasteiger partial charge on any atom is 0.0739 e. The van der Waals surface area contributed by atoms with Gasteiger partial charge in [0.1, 0.15) is 0 Å². The van der Waals surface area contributed by atoms with Gasteiger partial charge < -0.3 is 5.73 Å². The van der Waals surface area contributed by atoms with Crippen LogP contribution >= 0.6 is 0 Å². The molecule has 3 heteroatoms. The van der Waals surface area contributed by atoms with Crippen LogP contribution in [-0.2, 0) is 6.54 Å². The van der Waals surface area contributed by atoms with Crippen molar-refractivity contribution in [1.82, 2.24) is 9.78 Å². The first-order valence-corrected chi connectivity index (χ1v) is 5.54. The Kier molecular flexibility index (Phi) is 4.66. The van der Waals surface area contributed by atoms with Crippen LogP contribution in [-0.4, -0.2) is 16.3 Å². The number of aryl methyl sites for hydroxylation is 3. The summed E-state index contributed by atoms with van der Waals surface area (Å²) in [6.07, 6.45) is 5.11.